The topological polar surface area (TPSA) is 43.8 Å². The Morgan fingerprint density at radius 3 is 2.73 bits per heavy atom. The highest BCUT2D eigenvalue weighted by molar-refractivity contribution is 5.78. The van der Waals surface area contributed by atoms with E-state index < -0.39 is 5.60 Å². The second-order valence-electron chi connectivity index (χ2n) is 6.63. The molecule has 5 heteroatoms. The summed E-state index contributed by atoms with van der Waals surface area (Å²) in [5.41, 5.74) is -0.0107. The van der Waals surface area contributed by atoms with Crippen molar-refractivity contribution >= 4 is 5.91 Å². The molecular formula is C17H25FN2O2. The number of rotatable bonds is 4. The lowest BCUT2D eigenvalue weighted by Gasteiger charge is -2.27. The number of nitrogens with zero attached hydrogens (tertiary/aromatic N) is 2. The van der Waals surface area contributed by atoms with Gasteiger partial charge in [-0.05, 0) is 38.0 Å². The van der Waals surface area contributed by atoms with Crippen molar-refractivity contribution in [2.45, 2.75) is 32.3 Å². The van der Waals surface area contributed by atoms with Crippen molar-refractivity contribution in [1.29, 1.82) is 0 Å². The van der Waals surface area contributed by atoms with Gasteiger partial charge >= 0.3 is 0 Å². The summed E-state index contributed by atoms with van der Waals surface area (Å²) in [6.07, 6.45) is 1.13. The quantitative estimate of drug-likeness (QED) is 0.920. The number of hydrogen-bond acceptors (Lipinski definition) is 3. The van der Waals surface area contributed by atoms with E-state index in [4.69, 9.17) is 0 Å². The molecule has 1 amide bonds. The van der Waals surface area contributed by atoms with Crippen molar-refractivity contribution in [3.63, 3.8) is 0 Å². The summed E-state index contributed by atoms with van der Waals surface area (Å²) < 4.78 is 13.2. The first-order valence-corrected chi connectivity index (χ1v) is 7.80. The van der Waals surface area contributed by atoms with Crippen LogP contribution in [0.1, 0.15) is 25.8 Å². The average Bonchev–Trinajstić information content (AvgIpc) is 2.62. The van der Waals surface area contributed by atoms with Gasteiger partial charge in [0.2, 0.25) is 5.91 Å². The zero-order chi connectivity index (χ0) is 16.2. The average molecular weight is 308 g/mol. The summed E-state index contributed by atoms with van der Waals surface area (Å²) in [5, 5.41) is 9.90. The molecule has 1 heterocycles. The molecule has 22 heavy (non-hydrogen) atoms. The standard InChI is InChI=1S/C17H25FN2O2/c1-17(2,22)13-19-7-4-8-20(10-9-19)16(21)12-14-5-3-6-15(18)11-14/h3,5-6,11,22H,4,7-10,12-13H2,1-2H3. The van der Waals surface area contributed by atoms with Crippen LogP contribution >= 0.6 is 0 Å². The molecule has 0 unspecified atom stereocenters. The van der Waals surface area contributed by atoms with Gasteiger partial charge in [0.15, 0.2) is 0 Å². The normalized spacial score (nSPS) is 17.4. The van der Waals surface area contributed by atoms with Crippen LogP contribution in [0.25, 0.3) is 0 Å². The molecule has 0 saturated carbocycles. The summed E-state index contributed by atoms with van der Waals surface area (Å²) in [6, 6.07) is 6.20. The Kier molecular flexibility index (Phi) is 5.53. The zero-order valence-corrected chi connectivity index (χ0v) is 13.4. The summed E-state index contributed by atoms with van der Waals surface area (Å²) >= 11 is 0. The predicted molar refractivity (Wildman–Crippen MR) is 84.0 cm³/mol. The molecule has 1 aliphatic heterocycles. The van der Waals surface area contributed by atoms with Crippen molar-refractivity contribution in [3.8, 4) is 0 Å². The van der Waals surface area contributed by atoms with Crippen LogP contribution < -0.4 is 0 Å². The van der Waals surface area contributed by atoms with E-state index in [2.05, 4.69) is 4.90 Å². The van der Waals surface area contributed by atoms with Gasteiger partial charge in [-0.3, -0.25) is 9.69 Å². The molecule has 0 aromatic heterocycles. The third-order valence-electron chi connectivity index (χ3n) is 3.80. The third-order valence-corrected chi connectivity index (χ3v) is 3.80. The molecule has 0 aliphatic carbocycles. The van der Waals surface area contributed by atoms with E-state index in [9.17, 15) is 14.3 Å². The van der Waals surface area contributed by atoms with Crippen molar-refractivity contribution in [3.05, 3.63) is 35.6 Å². The lowest BCUT2D eigenvalue weighted by Crippen LogP contribution is -2.41. The van der Waals surface area contributed by atoms with E-state index in [1.165, 1.54) is 12.1 Å². The smallest absolute Gasteiger partial charge is 0.227 e. The van der Waals surface area contributed by atoms with Crippen LogP contribution in [0.3, 0.4) is 0 Å². The molecule has 4 nitrogen and oxygen atoms in total. The minimum atomic E-state index is -0.721. The predicted octanol–water partition coefficient (Wildman–Crippen LogP) is 1.67. The van der Waals surface area contributed by atoms with E-state index in [1.807, 2.05) is 4.90 Å². The minimum absolute atomic E-state index is 0.0377. The first-order valence-electron chi connectivity index (χ1n) is 7.80. The number of β-amino-alcohol motifs (C(OH)–C–C–N with tert-alkyl or cyclic N) is 1. The molecule has 1 fully saturated rings. The Hall–Kier alpha value is -1.46. The number of amides is 1. The molecule has 0 atom stereocenters. The highest BCUT2D eigenvalue weighted by atomic mass is 19.1. The summed E-state index contributed by atoms with van der Waals surface area (Å²) in [7, 11) is 0. The van der Waals surface area contributed by atoms with Crippen molar-refractivity contribution in [1.82, 2.24) is 9.80 Å². The van der Waals surface area contributed by atoms with E-state index in [1.54, 1.807) is 26.0 Å². The molecule has 0 bridgehead atoms. The van der Waals surface area contributed by atoms with Gasteiger partial charge in [-0.2, -0.15) is 0 Å². The number of halogens is 1. The van der Waals surface area contributed by atoms with Crippen LogP contribution in [0, 0.1) is 5.82 Å². The Balaban J connectivity index is 1.89. The Morgan fingerprint density at radius 1 is 1.27 bits per heavy atom. The SMILES string of the molecule is CC(C)(O)CN1CCCN(C(=O)Cc2cccc(F)c2)CC1. The van der Waals surface area contributed by atoms with Gasteiger partial charge in [0, 0.05) is 32.7 Å². The van der Waals surface area contributed by atoms with E-state index in [0.717, 1.165) is 26.1 Å². The summed E-state index contributed by atoms with van der Waals surface area (Å²) in [6.45, 7) is 7.22. The second-order valence-corrected chi connectivity index (χ2v) is 6.63. The van der Waals surface area contributed by atoms with Crippen LogP contribution in [0.5, 0.6) is 0 Å². The van der Waals surface area contributed by atoms with Crippen molar-refractivity contribution in [2.75, 3.05) is 32.7 Å². The van der Waals surface area contributed by atoms with Gasteiger partial charge in [-0.15, -0.1) is 0 Å². The molecule has 1 N–H and O–H groups in total. The van der Waals surface area contributed by atoms with Crippen LogP contribution in [-0.4, -0.2) is 59.1 Å². The third kappa shape index (κ3) is 5.39. The molecule has 1 saturated heterocycles. The van der Waals surface area contributed by atoms with Crippen LogP contribution in [0.4, 0.5) is 4.39 Å². The summed E-state index contributed by atoms with van der Waals surface area (Å²) in [5.74, 6) is -0.270. The number of benzene rings is 1. The largest absolute Gasteiger partial charge is 0.389 e. The molecule has 0 spiro atoms. The zero-order valence-electron chi connectivity index (χ0n) is 13.4. The maximum absolute atomic E-state index is 13.2. The number of aliphatic hydroxyl groups is 1. The molecule has 122 valence electrons. The first-order chi connectivity index (χ1) is 10.3. The van der Waals surface area contributed by atoms with Gasteiger partial charge < -0.3 is 10.0 Å². The lowest BCUT2D eigenvalue weighted by molar-refractivity contribution is -0.130. The van der Waals surface area contributed by atoms with E-state index in [-0.39, 0.29) is 18.1 Å². The maximum atomic E-state index is 13.2. The Labute approximate surface area is 131 Å². The molecule has 2 rings (SSSR count). The van der Waals surface area contributed by atoms with Crippen LogP contribution in [0.15, 0.2) is 24.3 Å². The Bertz CT molecular complexity index is 514. The molecule has 1 aliphatic rings. The number of carbonyl (C=O) groups excluding carboxylic acids is 1. The van der Waals surface area contributed by atoms with Gasteiger partial charge in [0.05, 0.1) is 12.0 Å². The molecule has 1 aromatic carbocycles. The number of carbonyl (C=O) groups is 1. The monoisotopic (exact) mass is 308 g/mol. The van der Waals surface area contributed by atoms with Crippen molar-refractivity contribution < 1.29 is 14.3 Å². The lowest BCUT2D eigenvalue weighted by atomic mass is 10.1. The van der Waals surface area contributed by atoms with Gasteiger partial charge in [0.1, 0.15) is 5.82 Å². The van der Waals surface area contributed by atoms with Gasteiger partial charge in [0.25, 0.3) is 0 Å². The highest BCUT2D eigenvalue weighted by Gasteiger charge is 2.23. The fourth-order valence-corrected chi connectivity index (χ4v) is 2.86. The first kappa shape index (κ1) is 16.9. The molecule has 1 aromatic rings. The van der Waals surface area contributed by atoms with E-state index in [0.29, 0.717) is 18.7 Å². The van der Waals surface area contributed by atoms with Crippen LogP contribution in [-0.2, 0) is 11.2 Å². The maximum Gasteiger partial charge on any atom is 0.227 e. The minimum Gasteiger partial charge on any atom is -0.389 e. The molecule has 0 radical (unpaired) electrons. The van der Waals surface area contributed by atoms with Crippen molar-refractivity contribution in [2.24, 2.45) is 0 Å². The van der Waals surface area contributed by atoms with Gasteiger partial charge in [-0.1, -0.05) is 12.1 Å². The summed E-state index contributed by atoms with van der Waals surface area (Å²) in [4.78, 5) is 16.4. The van der Waals surface area contributed by atoms with Gasteiger partial charge in [-0.25, -0.2) is 4.39 Å². The molecular weight excluding hydrogens is 283 g/mol. The highest BCUT2D eigenvalue weighted by Crippen LogP contribution is 2.11. The number of hydrogen-bond donors (Lipinski definition) is 1. The Morgan fingerprint density at radius 2 is 2.05 bits per heavy atom. The second kappa shape index (κ2) is 7.20. The fraction of sp³-hybridized carbons (Fsp3) is 0.588. The van der Waals surface area contributed by atoms with E-state index >= 15 is 0 Å². The fourth-order valence-electron chi connectivity index (χ4n) is 2.86. The van der Waals surface area contributed by atoms with Crippen LogP contribution in [0.2, 0.25) is 0 Å².